The first kappa shape index (κ1) is 19.4. The Morgan fingerprint density at radius 1 is 1.16 bits per heavy atom. The molecule has 6 nitrogen and oxygen atoms in total. The molecule has 0 spiro atoms. The van der Waals surface area contributed by atoms with Crippen molar-refractivity contribution >= 4 is 17.5 Å². The van der Waals surface area contributed by atoms with Crippen LogP contribution in [0.5, 0.6) is 0 Å². The minimum atomic E-state index is -2.96. The van der Waals surface area contributed by atoms with Crippen LogP contribution in [0.15, 0.2) is 5.83 Å². The van der Waals surface area contributed by atoms with Crippen LogP contribution in [0.25, 0.3) is 5.57 Å². The van der Waals surface area contributed by atoms with Gasteiger partial charge in [0.2, 0.25) is 11.9 Å². The highest BCUT2D eigenvalue weighted by atomic mass is 19.3. The normalized spacial score (nSPS) is 19.5. The van der Waals surface area contributed by atoms with Crippen molar-refractivity contribution in [2.45, 2.75) is 57.7 Å². The Morgan fingerprint density at radius 2 is 1.80 bits per heavy atom. The summed E-state index contributed by atoms with van der Waals surface area (Å²) >= 11 is 0. The van der Waals surface area contributed by atoms with Gasteiger partial charge < -0.3 is 15.7 Å². The van der Waals surface area contributed by atoms with Gasteiger partial charge in [-0.25, -0.2) is 17.6 Å². The van der Waals surface area contributed by atoms with Gasteiger partial charge in [0.1, 0.15) is 24.6 Å². The highest BCUT2D eigenvalue weighted by molar-refractivity contribution is 5.65. The molecular weight excluding hydrogens is 342 g/mol. The number of hydrogen-bond donors (Lipinski definition) is 3. The first-order valence-corrected chi connectivity index (χ1v) is 8.02. The van der Waals surface area contributed by atoms with E-state index >= 15 is 0 Å². The topological polar surface area (TPSA) is 83.0 Å². The molecule has 3 N–H and O–H groups in total. The second kappa shape index (κ2) is 8.41. The predicted molar refractivity (Wildman–Crippen MR) is 85.9 cm³/mol. The van der Waals surface area contributed by atoms with Gasteiger partial charge in [0.05, 0.1) is 0 Å². The second-order valence-electron chi connectivity index (χ2n) is 6.08. The van der Waals surface area contributed by atoms with E-state index in [1.54, 1.807) is 0 Å². The van der Waals surface area contributed by atoms with Crippen LogP contribution in [0.3, 0.4) is 0 Å². The zero-order valence-corrected chi connectivity index (χ0v) is 13.9. The number of alkyl halides is 3. The standard InChI is InChI=1S/C15H21F4N5O/c1-7(2)20-14-22-13(8-4-3-5-10(25)11(8)17)23-15(24-14)21-9(6-16)12(18)19/h7,9-10,12,25H,3-6H2,1-2H3,(H2,20,21,22,23,24). The maximum Gasteiger partial charge on any atom is 0.261 e. The van der Waals surface area contributed by atoms with Crippen LogP contribution < -0.4 is 10.6 Å². The van der Waals surface area contributed by atoms with E-state index < -0.39 is 31.1 Å². The molecule has 0 fully saturated rings. The third-order valence-electron chi connectivity index (χ3n) is 3.59. The molecule has 2 atom stereocenters. The average Bonchev–Trinajstić information content (AvgIpc) is 2.54. The number of nitrogens with one attached hydrogen (secondary N) is 2. The summed E-state index contributed by atoms with van der Waals surface area (Å²) in [5, 5.41) is 14.8. The maximum atomic E-state index is 14.2. The van der Waals surface area contributed by atoms with Crippen LogP contribution >= 0.6 is 0 Å². The summed E-state index contributed by atoms with van der Waals surface area (Å²) in [6.45, 7) is 2.30. The molecule has 0 saturated heterocycles. The Labute approximate surface area is 142 Å². The fourth-order valence-electron chi connectivity index (χ4n) is 2.37. The molecule has 0 saturated carbocycles. The van der Waals surface area contributed by atoms with Crippen LogP contribution in [-0.4, -0.2) is 51.3 Å². The van der Waals surface area contributed by atoms with Crippen LogP contribution in [0, 0.1) is 0 Å². The average molecular weight is 363 g/mol. The minimum absolute atomic E-state index is 0.0507. The quantitative estimate of drug-likeness (QED) is 0.646. The van der Waals surface area contributed by atoms with E-state index in [-0.39, 0.29) is 35.8 Å². The smallest absolute Gasteiger partial charge is 0.261 e. The van der Waals surface area contributed by atoms with E-state index in [0.29, 0.717) is 12.8 Å². The summed E-state index contributed by atoms with van der Waals surface area (Å²) in [6, 6.07) is -1.86. The van der Waals surface area contributed by atoms with Crippen molar-refractivity contribution in [1.82, 2.24) is 15.0 Å². The molecule has 2 rings (SSSR count). The molecule has 25 heavy (non-hydrogen) atoms. The van der Waals surface area contributed by atoms with Gasteiger partial charge in [0.15, 0.2) is 5.82 Å². The Bertz CT molecular complexity index is 626. The van der Waals surface area contributed by atoms with Gasteiger partial charge in [0.25, 0.3) is 6.43 Å². The summed E-state index contributed by atoms with van der Waals surface area (Å²) in [4.78, 5) is 12.0. The zero-order chi connectivity index (χ0) is 18.6. The number of rotatable bonds is 7. The van der Waals surface area contributed by atoms with Crippen molar-refractivity contribution in [1.29, 1.82) is 0 Å². The minimum Gasteiger partial charge on any atom is -0.386 e. The molecule has 1 aliphatic carbocycles. The second-order valence-corrected chi connectivity index (χ2v) is 6.08. The summed E-state index contributed by atoms with van der Waals surface area (Å²) in [5.74, 6) is -1.04. The third kappa shape index (κ3) is 5.00. The van der Waals surface area contributed by atoms with E-state index in [2.05, 4.69) is 25.6 Å². The summed E-state index contributed by atoms with van der Waals surface area (Å²) < 4.78 is 52.5. The maximum absolute atomic E-state index is 14.2. The van der Waals surface area contributed by atoms with Gasteiger partial charge in [-0.1, -0.05) is 0 Å². The van der Waals surface area contributed by atoms with E-state index in [0.717, 1.165) is 0 Å². The lowest BCUT2D eigenvalue weighted by Gasteiger charge is -2.20. The third-order valence-corrected chi connectivity index (χ3v) is 3.59. The number of halogens is 4. The van der Waals surface area contributed by atoms with Gasteiger partial charge in [-0.05, 0) is 33.1 Å². The van der Waals surface area contributed by atoms with E-state index in [1.807, 2.05) is 13.8 Å². The van der Waals surface area contributed by atoms with Crippen molar-refractivity contribution in [2.75, 3.05) is 17.3 Å². The van der Waals surface area contributed by atoms with Crippen LogP contribution in [0.4, 0.5) is 29.5 Å². The molecule has 1 aliphatic rings. The highest BCUT2D eigenvalue weighted by Crippen LogP contribution is 2.32. The van der Waals surface area contributed by atoms with Gasteiger partial charge in [0, 0.05) is 11.6 Å². The Kier molecular flexibility index (Phi) is 6.51. The van der Waals surface area contributed by atoms with E-state index in [9.17, 15) is 22.7 Å². The highest BCUT2D eigenvalue weighted by Gasteiger charge is 2.26. The number of allylic oxidation sites excluding steroid dienone is 1. The van der Waals surface area contributed by atoms with Gasteiger partial charge in [-0.3, -0.25) is 0 Å². The van der Waals surface area contributed by atoms with Gasteiger partial charge >= 0.3 is 0 Å². The number of aliphatic hydroxyl groups excluding tert-OH is 1. The molecule has 1 aromatic heterocycles. The number of aromatic nitrogens is 3. The SMILES string of the molecule is CC(C)Nc1nc(NC(CF)C(F)F)nc(C2=C(F)C(O)CCC2)n1. The van der Waals surface area contributed by atoms with Gasteiger partial charge in [-0.2, -0.15) is 15.0 Å². The monoisotopic (exact) mass is 363 g/mol. The van der Waals surface area contributed by atoms with E-state index in [1.165, 1.54) is 0 Å². The number of anilines is 2. The predicted octanol–water partition coefficient (Wildman–Crippen LogP) is 2.93. The Morgan fingerprint density at radius 3 is 2.36 bits per heavy atom. The molecule has 0 bridgehead atoms. The van der Waals surface area contributed by atoms with Crippen LogP contribution in [-0.2, 0) is 0 Å². The molecule has 10 heteroatoms. The molecule has 140 valence electrons. The molecule has 0 radical (unpaired) electrons. The van der Waals surface area contributed by atoms with Crippen LogP contribution in [0.2, 0.25) is 0 Å². The molecule has 0 amide bonds. The van der Waals surface area contributed by atoms with Crippen molar-refractivity contribution < 1.29 is 22.7 Å². The van der Waals surface area contributed by atoms with E-state index in [4.69, 9.17) is 0 Å². The Hall–Kier alpha value is -1.97. The summed E-state index contributed by atoms with van der Waals surface area (Å²) in [6.07, 6.45) is -3.07. The lowest BCUT2D eigenvalue weighted by molar-refractivity contribution is 0.112. The molecule has 0 aromatic carbocycles. The summed E-state index contributed by atoms with van der Waals surface area (Å²) in [5.41, 5.74) is 0.102. The first-order valence-electron chi connectivity index (χ1n) is 8.02. The fraction of sp³-hybridized carbons (Fsp3) is 0.667. The van der Waals surface area contributed by atoms with Crippen LogP contribution in [0.1, 0.15) is 38.9 Å². The number of aliphatic hydroxyl groups is 1. The lowest BCUT2D eigenvalue weighted by Crippen LogP contribution is -2.31. The first-order chi connectivity index (χ1) is 11.8. The Balaban J connectivity index is 2.41. The number of hydrogen-bond acceptors (Lipinski definition) is 6. The summed E-state index contributed by atoms with van der Waals surface area (Å²) in [7, 11) is 0. The van der Waals surface area contributed by atoms with Gasteiger partial charge in [-0.15, -0.1) is 0 Å². The molecular formula is C15H21F4N5O. The molecule has 0 aliphatic heterocycles. The number of nitrogens with zero attached hydrogens (tertiary/aromatic N) is 3. The lowest BCUT2D eigenvalue weighted by atomic mass is 9.96. The largest absolute Gasteiger partial charge is 0.386 e. The molecule has 2 unspecified atom stereocenters. The van der Waals surface area contributed by atoms with Crippen molar-refractivity contribution in [3.8, 4) is 0 Å². The van der Waals surface area contributed by atoms with Crippen molar-refractivity contribution in [3.63, 3.8) is 0 Å². The van der Waals surface area contributed by atoms with Crippen molar-refractivity contribution in [3.05, 3.63) is 11.7 Å². The molecule has 1 aromatic rings. The molecule has 1 heterocycles. The fourth-order valence-corrected chi connectivity index (χ4v) is 2.37. The zero-order valence-electron chi connectivity index (χ0n) is 13.9. The van der Waals surface area contributed by atoms with Crippen molar-refractivity contribution in [2.24, 2.45) is 0 Å².